The molecule has 0 radical (unpaired) electrons. The molecule has 142 valence electrons. The van der Waals surface area contributed by atoms with E-state index in [1.165, 1.54) is 11.1 Å². The van der Waals surface area contributed by atoms with Crippen LogP contribution in [0.5, 0.6) is 0 Å². The molecule has 1 aromatic carbocycles. The zero-order valence-electron chi connectivity index (χ0n) is 15.4. The largest absolute Gasteiger partial charge is 0.345 e. The second kappa shape index (κ2) is 8.37. The van der Waals surface area contributed by atoms with Gasteiger partial charge in [-0.05, 0) is 24.1 Å². The molecule has 1 aliphatic rings. The van der Waals surface area contributed by atoms with Crippen molar-refractivity contribution >= 4 is 28.1 Å². The highest BCUT2D eigenvalue weighted by Gasteiger charge is 2.19. The third-order valence-electron chi connectivity index (χ3n) is 4.75. The first-order valence-electron chi connectivity index (χ1n) is 9.17. The summed E-state index contributed by atoms with van der Waals surface area (Å²) in [4.78, 5) is 4.86. The van der Waals surface area contributed by atoms with Crippen molar-refractivity contribution in [1.29, 1.82) is 0 Å². The summed E-state index contributed by atoms with van der Waals surface area (Å²) < 4.78 is 1.86. The van der Waals surface area contributed by atoms with E-state index in [1.54, 1.807) is 11.3 Å². The number of anilines is 1. The van der Waals surface area contributed by atoms with E-state index in [0.29, 0.717) is 0 Å². The maximum absolute atomic E-state index is 5.96. The Morgan fingerprint density at radius 1 is 1.04 bits per heavy atom. The van der Waals surface area contributed by atoms with Crippen molar-refractivity contribution < 1.29 is 0 Å². The molecule has 0 aliphatic carbocycles. The Kier molecular flexibility index (Phi) is 5.71. The molecule has 0 amide bonds. The predicted octanol–water partition coefficient (Wildman–Crippen LogP) is 3.23. The van der Waals surface area contributed by atoms with Gasteiger partial charge in [-0.3, -0.25) is 9.58 Å². The molecule has 1 aliphatic heterocycles. The highest BCUT2D eigenvalue weighted by atomic mass is 35.5. The van der Waals surface area contributed by atoms with Crippen LogP contribution in [0.15, 0.2) is 36.7 Å². The molecule has 1 fully saturated rings. The van der Waals surface area contributed by atoms with Crippen LogP contribution in [0, 0.1) is 0 Å². The molecule has 0 N–H and O–H groups in total. The van der Waals surface area contributed by atoms with Crippen molar-refractivity contribution in [3.05, 3.63) is 57.8 Å². The molecule has 0 spiro atoms. The molecule has 3 aromatic rings. The van der Waals surface area contributed by atoms with Crippen molar-refractivity contribution in [2.24, 2.45) is 7.05 Å². The van der Waals surface area contributed by atoms with Crippen LogP contribution in [0.4, 0.5) is 5.13 Å². The van der Waals surface area contributed by atoms with Gasteiger partial charge < -0.3 is 4.90 Å². The summed E-state index contributed by atoms with van der Waals surface area (Å²) in [5, 5.41) is 15.9. The van der Waals surface area contributed by atoms with E-state index in [4.69, 9.17) is 11.6 Å². The van der Waals surface area contributed by atoms with Crippen LogP contribution in [-0.4, -0.2) is 51.1 Å². The Morgan fingerprint density at radius 2 is 1.89 bits per heavy atom. The van der Waals surface area contributed by atoms with E-state index in [1.807, 2.05) is 42.2 Å². The smallest absolute Gasteiger partial charge is 0.208 e. The maximum atomic E-state index is 5.96. The molecule has 0 saturated carbocycles. The monoisotopic (exact) mass is 402 g/mol. The molecule has 1 saturated heterocycles. The summed E-state index contributed by atoms with van der Waals surface area (Å²) in [6.07, 6.45) is 5.98. The lowest BCUT2D eigenvalue weighted by atomic mass is 10.2. The Labute approximate surface area is 168 Å². The van der Waals surface area contributed by atoms with Gasteiger partial charge >= 0.3 is 0 Å². The zero-order chi connectivity index (χ0) is 18.6. The summed E-state index contributed by atoms with van der Waals surface area (Å²) in [7, 11) is 1.96. The summed E-state index contributed by atoms with van der Waals surface area (Å²) >= 11 is 7.65. The van der Waals surface area contributed by atoms with E-state index < -0.39 is 0 Å². The second-order valence-corrected chi connectivity index (χ2v) is 8.40. The molecule has 0 atom stereocenters. The first-order valence-corrected chi connectivity index (χ1v) is 10.4. The van der Waals surface area contributed by atoms with E-state index in [9.17, 15) is 0 Å². The summed E-state index contributed by atoms with van der Waals surface area (Å²) in [6.45, 7) is 5.09. The Morgan fingerprint density at radius 3 is 2.67 bits per heavy atom. The lowest BCUT2D eigenvalue weighted by Gasteiger charge is -2.20. The molecule has 8 heteroatoms. The highest BCUT2D eigenvalue weighted by Crippen LogP contribution is 2.24. The van der Waals surface area contributed by atoms with Crippen LogP contribution in [0.3, 0.4) is 0 Å². The van der Waals surface area contributed by atoms with E-state index in [2.05, 4.69) is 31.3 Å². The van der Waals surface area contributed by atoms with E-state index in [-0.39, 0.29) is 0 Å². The number of hydrogen-bond donors (Lipinski definition) is 0. The fourth-order valence-corrected chi connectivity index (χ4v) is 4.40. The quantitative estimate of drug-likeness (QED) is 0.655. The number of benzene rings is 1. The van der Waals surface area contributed by atoms with Gasteiger partial charge in [-0.1, -0.05) is 35.1 Å². The molecule has 4 rings (SSSR count). The fourth-order valence-electron chi connectivity index (χ4n) is 3.35. The number of nitrogens with zero attached hydrogens (tertiary/aromatic N) is 6. The predicted molar refractivity (Wildman–Crippen MR) is 109 cm³/mol. The minimum absolute atomic E-state index is 0.761. The summed E-state index contributed by atoms with van der Waals surface area (Å²) in [5.74, 6) is 0. The third kappa shape index (κ3) is 4.86. The third-order valence-corrected chi connectivity index (χ3v) is 5.98. The Bertz CT molecular complexity index is 874. The molecular formula is C19H23ClN6S. The van der Waals surface area contributed by atoms with Crippen LogP contribution >= 0.6 is 22.9 Å². The average molecular weight is 403 g/mol. The molecule has 3 heterocycles. The van der Waals surface area contributed by atoms with Crippen LogP contribution in [-0.2, 0) is 20.0 Å². The standard InChI is InChI=1S/C19H23ClN6S/c1-24-13-16(12-21-24)14-25-7-2-8-26(10-9-25)19-23-22-18(27-19)11-15-3-5-17(20)6-4-15/h3-6,12-13H,2,7-11,14H2,1H3. The van der Waals surface area contributed by atoms with Gasteiger partial charge in [0.1, 0.15) is 5.01 Å². The highest BCUT2D eigenvalue weighted by molar-refractivity contribution is 7.15. The fraction of sp³-hybridized carbons (Fsp3) is 0.421. The van der Waals surface area contributed by atoms with Crippen LogP contribution in [0.2, 0.25) is 5.02 Å². The number of hydrogen-bond acceptors (Lipinski definition) is 6. The SMILES string of the molecule is Cn1cc(CN2CCCN(c3nnc(Cc4ccc(Cl)cc4)s3)CC2)cn1. The zero-order valence-corrected chi connectivity index (χ0v) is 17.0. The van der Waals surface area contributed by atoms with E-state index >= 15 is 0 Å². The summed E-state index contributed by atoms with van der Waals surface area (Å²) in [6, 6.07) is 7.94. The van der Waals surface area contributed by atoms with Crippen molar-refractivity contribution in [1.82, 2.24) is 24.9 Å². The summed E-state index contributed by atoms with van der Waals surface area (Å²) in [5.41, 5.74) is 2.48. The number of halogens is 1. The molecule has 0 unspecified atom stereocenters. The van der Waals surface area contributed by atoms with Crippen molar-refractivity contribution in [2.45, 2.75) is 19.4 Å². The van der Waals surface area contributed by atoms with Gasteiger partial charge in [0.05, 0.1) is 6.20 Å². The van der Waals surface area contributed by atoms with Gasteiger partial charge in [0.25, 0.3) is 0 Å². The lowest BCUT2D eigenvalue weighted by Crippen LogP contribution is -2.30. The van der Waals surface area contributed by atoms with Gasteiger partial charge in [0.15, 0.2) is 0 Å². The molecule has 2 aromatic heterocycles. The average Bonchev–Trinajstić information content (AvgIpc) is 3.21. The normalized spacial score (nSPS) is 15.9. The first-order chi connectivity index (χ1) is 13.2. The van der Waals surface area contributed by atoms with Gasteiger partial charge in [-0.15, -0.1) is 10.2 Å². The van der Waals surface area contributed by atoms with Crippen LogP contribution < -0.4 is 4.90 Å². The Hall–Kier alpha value is -1.96. The van der Waals surface area contributed by atoms with Crippen molar-refractivity contribution in [3.8, 4) is 0 Å². The second-order valence-electron chi connectivity index (χ2n) is 6.92. The molecule has 0 bridgehead atoms. The lowest BCUT2D eigenvalue weighted by molar-refractivity contribution is 0.285. The van der Waals surface area contributed by atoms with Crippen molar-refractivity contribution in [3.63, 3.8) is 0 Å². The molecule has 6 nitrogen and oxygen atoms in total. The molecule has 27 heavy (non-hydrogen) atoms. The minimum Gasteiger partial charge on any atom is -0.345 e. The molecular weight excluding hydrogens is 380 g/mol. The van der Waals surface area contributed by atoms with Crippen molar-refractivity contribution in [2.75, 3.05) is 31.1 Å². The van der Waals surface area contributed by atoms with Crippen LogP contribution in [0.1, 0.15) is 22.6 Å². The van der Waals surface area contributed by atoms with Gasteiger partial charge in [-0.2, -0.15) is 5.10 Å². The van der Waals surface area contributed by atoms with Gasteiger partial charge in [0, 0.05) is 63.0 Å². The van der Waals surface area contributed by atoms with Gasteiger partial charge in [-0.25, -0.2) is 0 Å². The van der Waals surface area contributed by atoms with Gasteiger partial charge in [0.2, 0.25) is 5.13 Å². The Balaban J connectivity index is 1.35. The van der Waals surface area contributed by atoms with Crippen LogP contribution in [0.25, 0.3) is 0 Å². The topological polar surface area (TPSA) is 50.1 Å². The number of aryl methyl sites for hydroxylation is 1. The maximum Gasteiger partial charge on any atom is 0.208 e. The number of rotatable bonds is 5. The minimum atomic E-state index is 0.761. The first kappa shape index (κ1) is 18.4. The number of aromatic nitrogens is 4. The van der Waals surface area contributed by atoms with E-state index in [0.717, 1.165) is 60.7 Å².